The minimum absolute atomic E-state index is 0.168. The van der Waals surface area contributed by atoms with Gasteiger partial charge in [-0.15, -0.1) is 0 Å². The third-order valence-corrected chi connectivity index (χ3v) is 4.77. The van der Waals surface area contributed by atoms with Crippen molar-refractivity contribution in [3.8, 4) is 0 Å². The molecule has 2 fully saturated rings. The molecule has 0 aromatic heterocycles. The number of hydrogen-bond donors (Lipinski definition) is 0. The predicted molar refractivity (Wildman–Crippen MR) is 73.5 cm³/mol. The predicted octanol–water partition coefficient (Wildman–Crippen LogP) is 4.15. The molecule has 1 aliphatic carbocycles. The summed E-state index contributed by atoms with van der Waals surface area (Å²) in [5, 5.41) is 0.867. The minimum atomic E-state index is -4.60. The van der Waals surface area contributed by atoms with Gasteiger partial charge in [-0.3, -0.25) is 9.63 Å². The van der Waals surface area contributed by atoms with Crippen LogP contribution >= 0.6 is 0 Å². The van der Waals surface area contributed by atoms with E-state index in [1.54, 1.807) is 0 Å². The number of carbonyl (C=O) groups excluding carboxylic acids is 1. The monoisotopic (exact) mass is 331 g/mol. The minimum Gasteiger partial charge on any atom is -0.272 e. The Morgan fingerprint density at radius 1 is 1.17 bits per heavy atom. The first-order chi connectivity index (χ1) is 10.8. The second kappa shape index (κ2) is 5.78. The van der Waals surface area contributed by atoms with Crippen LogP contribution in [0.1, 0.15) is 43.7 Å². The third-order valence-electron chi connectivity index (χ3n) is 4.77. The van der Waals surface area contributed by atoms with Crippen molar-refractivity contribution in [2.24, 2.45) is 5.41 Å². The molecule has 1 aromatic rings. The number of benzene rings is 1. The van der Waals surface area contributed by atoms with Crippen LogP contribution in [0.3, 0.4) is 0 Å². The molecule has 0 radical (unpaired) electrons. The molecule has 1 aromatic carbocycles. The number of hydrogen-bond acceptors (Lipinski definition) is 2. The maximum Gasteiger partial charge on any atom is 0.403 e. The maximum absolute atomic E-state index is 13.5. The molecule has 3 rings (SSSR count). The van der Waals surface area contributed by atoms with Gasteiger partial charge in [0.15, 0.2) is 0 Å². The molecule has 0 bridgehead atoms. The van der Waals surface area contributed by atoms with Crippen molar-refractivity contribution in [3.63, 3.8) is 0 Å². The summed E-state index contributed by atoms with van der Waals surface area (Å²) in [5.41, 5.74) is -1.78. The Labute approximate surface area is 131 Å². The summed E-state index contributed by atoms with van der Waals surface area (Å²) in [6, 6.07) is 4.80. The molecule has 0 unspecified atom stereocenters. The van der Waals surface area contributed by atoms with Crippen molar-refractivity contribution in [2.75, 3.05) is 6.61 Å². The van der Waals surface area contributed by atoms with E-state index in [2.05, 4.69) is 0 Å². The number of carbonyl (C=O) groups is 1. The van der Waals surface area contributed by atoms with Crippen LogP contribution in [0.4, 0.5) is 17.6 Å². The second-order valence-electron chi connectivity index (χ2n) is 6.11. The van der Waals surface area contributed by atoms with Gasteiger partial charge < -0.3 is 0 Å². The van der Waals surface area contributed by atoms with Crippen LogP contribution in [-0.2, 0) is 9.63 Å². The first kappa shape index (κ1) is 16.2. The van der Waals surface area contributed by atoms with Crippen LogP contribution in [0, 0.1) is 11.2 Å². The normalized spacial score (nSPS) is 24.2. The van der Waals surface area contributed by atoms with Crippen LogP contribution in [0.15, 0.2) is 24.3 Å². The Balaban J connectivity index is 1.90. The molecule has 23 heavy (non-hydrogen) atoms. The van der Waals surface area contributed by atoms with E-state index in [1.807, 2.05) is 0 Å². The van der Waals surface area contributed by atoms with Gasteiger partial charge in [-0.25, -0.2) is 9.45 Å². The average molecular weight is 331 g/mol. The topological polar surface area (TPSA) is 29.5 Å². The van der Waals surface area contributed by atoms with Crippen LogP contribution in [0.5, 0.6) is 0 Å². The average Bonchev–Trinajstić information content (AvgIpc) is 3.16. The van der Waals surface area contributed by atoms with E-state index in [4.69, 9.17) is 4.84 Å². The number of hydroxylamine groups is 2. The lowest BCUT2D eigenvalue weighted by Gasteiger charge is -2.35. The van der Waals surface area contributed by atoms with Crippen molar-refractivity contribution >= 4 is 5.91 Å². The molecule has 1 saturated carbocycles. The van der Waals surface area contributed by atoms with Gasteiger partial charge in [-0.05, 0) is 30.5 Å². The molecule has 1 amide bonds. The van der Waals surface area contributed by atoms with Crippen LogP contribution in [-0.4, -0.2) is 23.8 Å². The molecule has 1 heterocycles. The highest BCUT2D eigenvalue weighted by Crippen LogP contribution is 2.53. The molecule has 126 valence electrons. The Morgan fingerprint density at radius 2 is 1.78 bits per heavy atom. The van der Waals surface area contributed by atoms with Gasteiger partial charge in [0.25, 0.3) is 5.91 Å². The van der Waals surface area contributed by atoms with E-state index in [-0.39, 0.29) is 19.4 Å². The Kier molecular flexibility index (Phi) is 4.08. The van der Waals surface area contributed by atoms with E-state index in [9.17, 15) is 22.4 Å². The van der Waals surface area contributed by atoms with Gasteiger partial charge in [0.2, 0.25) is 0 Å². The molecular weight excluding hydrogens is 314 g/mol. The van der Waals surface area contributed by atoms with E-state index >= 15 is 0 Å². The summed E-state index contributed by atoms with van der Waals surface area (Å²) < 4.78 is 53.7. The van der Waals surface area contributed by atoms with Gasteiger partial charge >= 0.3 is 6.18 Å². The summed E-state index contributed by atoms with van der Waals surface area (Å²) in [4.78, 5) is 17.9. The standard InChI is InChI=1S/C16H17F4NO2/c17-12-5-3-11(4-6-12)13-7-10-23-21(13)14(22)15(16(18,19)20)8-1-2-9-15/h3-6,13H,1-2,7-10H2/t13-/m0/s1. The lowest BCUT2D eigenvalue weighted by Crippen LogP contribution is -2.50. The zero-order valence-electron chi connectivity index (χ0n) is 12.4. The fourth-order valence-corrected chi connectivity index (χ4v) is 3.47. The van der Waals surface area contributed by atoms with Crippen LogP contribution < -0.4 is 0 Å². The smallest absolute Gasteiger partial charge is 0.272 e. The Hall–Kier alpha value is -1.63. The molecular formula is C16H17F4NO2. The number of nitrogens with zero attached hydrogens (tertiary/aromatic N) is 1. The molecule has 1 atom stereocenters. The zero-order chi connectivity index (χ0) is 16.7. The summed E-state index contributed by atoms with van der Waals surface area (Å²) in [5.74, 6) is -1.46. The molecule has 3 nitrogen and oxygen atoms in total. The second-order valence-corrected chi connectivity index (χ2v) is 6.11. The van der Waals surface area contributed by atoms with E-state index in [0.717, 1.165) is 5.06 Å². The molecule has 1 saturated heterocycles. The fourth-order valence-electron chi connectivity index (χ4n) is 3.47. The van der Waals surface area contributed by atoms with Gasteiger partial charge in [0.05, 0.1) is 12.6 Å². The van der Waals surface area contributed by atoms with Crippen LogP contribution in [0.25, 0.3) is 0 Å². The third kappa shape index (κ3) is 2.71. The Morgan fingerprint density at radius 3 is 2.35 bits per heavy atom. The van der Waals surface area contributed by atoms with E-state index in [0.29, 0.717) is 24.8 Å². The summed E-state index contributed by atoms with van der Waals surface area (Å²) in [6.07, 6.45) is -3.86. The quantitative estimate of drug-likeness (QED) is 0.762. The summed E-state index contributed by atoms with van der Waals surface area (Å²) >= 11 is 0. The van der Waals surface area contributed by atoms with Crippen molar-refractivity contribution in [2.45, 2.75) is 44.3 Å². The number of halogens is 4. The van der Waals surface area contributed by atoms with Gasteiger partial charge in [0, 0.05) is 6.42 Å². The first-order valence-corrected chi connectivity index (χ1v) is 7.64. The zero-order valence-corrected chi connectivity index (χ0v) is 12.4. The van der Waals surface area contributed by atoms with Crippen molar-refractivity contribution in [1.29, 1.82) is 0 Å². The van der Waals surface area contributed by atoms with Crippen molar-refractivity contribution in [3.05, 3.63) is 35.6 Å². The molecule has 1 aliphatic heterocycles. The molecule has 0 spiro atoms. The lowest BCUT2D eigenvalue weighted by molar-refractivity contribution is -0.245. The number of rotatable bonds is 2. The summed E-state index contributed by atoms with van der Waals surface area (Å²) in [7, 11) is 0. The maximum atomic E-state index is 13.5. The van der Waals surface area contributed by atoms with Gasteiger partial charge in [-0.1, -0.05) is 25.0 Å². The van der Waals surface area contributed by atoms with Crippen LogP contribution in [0.2, 0.25) is 0 Å². The van der Waals surface area contributed by atoms with Crippen molar-refractivity contribution < 1.29 is 27.2 Å². The molecule has 0 N–H and O–H groups in total. The Bertz CT molecular complexity index is 579. The SMILES string of the molecule is O=C(N1OCC[C@H]1c1ccc(F)cc1)C1(C(F)(F)F)CCCC1. The van der Waals surface area contributed by atoms with E-state index < -0.39 is 29.4 Å². The van der Waals surface area contributed by atoms with E-state index in [1.165, 1.54) is 24.3 Å². The highest BCUT2D eigenvalue weighted by molar-refractivity contribution is 5.83. The molecule has 2 aliphatic rings. The first-order valence-electron chi connectivity index (χ1n) is 7.64. The number of alkyl halides is 3. The highest BCUT2D eigenvalue weighted by atomic mass is 19.4. The summed E-state index contributed by atoms with van der Waals surface area (Å²) in [6.45, 7) is 0.168. The van der Waals surface area contributed by atoms with Gasteiger partial charge in [0.1, 0.15) is 11.2 Å². The van der Waals surface area contributed by atoms with Gasteiger partial charge in [-0.2, -0.15) is 13.2 Å². The number of amides is 1. The fraction of sp³-hybridized carbons (Fsp3) is 0.562. The largest absolute Gasteiger partial charge is 0.403 e. The molecule has 7 heteroatoms. The van der Waals surface area contributed by atoms with Crippen molar-refractivity contribution in [1.82, 2.24) is 5.06 Å². The highest BCUT2D eigenvalue weighted by Gasteiger charge is 2.63. The lowest BCUT2D eigenvalue weighted by atomic mass is 9.83.